The molecular weight excluding hydrogens is 622 g/mol. The summed E-state index contributed by atoms with van der Waals surface area (Å²) in [7, 11) is 0.554. The molecule has 0 radical (unpaired) electrons. The first-order valence-corrected chi connectivity index (χ1v) is 16.7. The molecule has 0 unspecified atom stereocenters. The van der Waals surface area contributed by atoms with Crippen LogP contribution in [-0.4, -0.2) is 63.4 Å². The molecule has 3 aromatic carbocycles. The number of nitrogens with one attached hydrogen (secondary N) is 2. The van der Waals surface area contributed by atoms with Gasteiger partial charge in [0.05, 0.1) is 37.5 Å². The first kappa shape index (κ1) is 33.3. The van der Waals surface area contributed by atoms with Crippen molar-refractivity contribution >= 4 is 49.8 Å². The molecule has 4 aromatic rings. The molecule has 4 N–H and O–H groups in total. The minimum Gasteiger partial charge on any atom is -0.493 e. The summed E-state index contributed by atoms with van der Waals surface area (Å²) in [6, 6.07) is 15.8. The van der Waals surface area contributed by atoms with E-state index in [-0.39, 0.29) is 10.8 Å². The average molecular weight is 662 g/mol. The summed E-state index contributed by atoms with van der Waals surface area (Å²) in [6.07, 6.45) is 2.10. The van der Waals surface area contributed by atoms with E-state index >= 15 is 0 Å². The Bertz CT molecular complexity index is 1910. The Morgan fingerprint density at radius 1 is 0.957 bits per heavy atom. The van der Waals surface area contributed by atoms with Gasteiger partial charge in [0.15, 0.2) is 21.3 Å². The summed E-state index contributed by atoms with van der Waals surface area (Å²) in [5.41, 5.74) is 8.14. The molecule has 1 aromatic heterocycles. The maximum Gasteiger partial charge on any atom is 0.411 e. The van der Waals surface area contributed by atoms with E-state index in [2.05, 4.69) is 15.6 Å². The molecule has 12 nitrogen and oxygen atoms in total. The van der Waals surface area contributed by atoms with Gasteiger partial charge in [-0.05, 0) is 97.8 Å². The molecule has 2 heterocycles. The summed E-state index contributed by atoms with van der Waals surface area (Å²) < 4.78 is 42.9. The van der Waals surface area contributed by atoms with E-state index in [1.807, 2.05) is 24.3 Å². The molecule has 5 rings (SSSR count). The van der Waals surface area contributed by atoms with Gasteiger partial charge >= 0.3 is 6.09 Å². The van der Waals surface area contributed by atoms with E-state index < -0.39 is 33.3 Å². The zero-order chi connectivity index (χ0) is 33.9. The molecule has 0 spiro atoms. The lowest BCUT2D eigenvalue weighted by Gasteiger charge is -2.32. The highest BCUT2D eigenvalue weighted by molar-refractivity contribution is 7.92. The Morgan fingerprint density at radius 2 is 1.70 bits per heavy atom. The second kappa shape index (κ2) is 13.8. The van der Waals surface area contributed by atoms with Crippen molar-refractivity contribution in [2.24, 2.45) is 0 Å². The Labute approximate surface area is 274 Å². The molecule has 2 amide bonds. The summed E-state index contributed by atoms with van der Waals surface area (Å²) in [5, 5.41) is 6.96. The largest absolute Gasteiger partial charge is 0.493 e. The number of nitrogen functional groups attached to an aromatic ring is 1. The number of hydrogen-bond donors (Lipinski definition) is 3. The van der Waals surface area contributed by atoms with E-state index in [0.29, 0.717) is 59.2 Å². The van der Waals surface area contributed by atoms with Crippen molar-refractivity contribution in [2.45, 2.75) is 48.9 Å². The van der Waals surface area contributed by atoms with Crippen LogP contribution in [0, 0.1) is 0 Å². The predicted molar refractivity (Wildman–Crippen MR) is 181 cm³/mol. The van der Waals surface area contributed by atoms with Crippen molar-refractivity contribution in [3.63, 3.8) is 0 Å². The molecule has 47 heavy (non-hydrogen) atoms. The number of nitrogens with two attached hydrogens (primary N) is 1. The number of benzene rings is 3. The third-order valence-electron chi connectivity index (χ3n) is 8.36. The molecule has 1 aliphatic heterocycles. The first-order chi connectivity index (χ1) is 22.5. The number of pyridine rings is 1. The summed E-state index contributed by atoms with van der Waals surface area (Å²) in [6.45, 7) is 3.62. The van der Waals surface area contributed by atoms with Crippen LogP contribution in [0.15, 0.2) is 71.8 Å². The van der Waals surface area contributed by atoms with Gasteiger partial charge in [-0.3, -0.25) is 10.1 Å². The number of rotatable bonds is 10. The number of carbonyl (C=O) groups is 2. The van der Waals surface area contributed by atoms with Gasteiger partial charge in [0.2, 0.25) is 5.91 Å². The second-order valence-corrected chi connectivity index (χ2v) is 13.9. The number of ether oxygens (including phenoxy) is 3. The van der Waals surface area contributed by atoms with Gasteiger partial charge in [-0.1, -0.05) is 6.07 Å². The monoisotopic (exact) mass is 661 g/mol. The fourth-order valence-electron chi connectivity index (χ4n) is 5.87. The number of aromatic nitrogens is 1. The number of methoxy groups -OCH3 is 3. The normalized spacial score (nSPS) is 15.4. The number of fused-ring (bicyclic) bond motifs is 1. The summed E-state index contributed by atoms with van der Waals surface area (Å²) in [4.78, 5) is 32.7. The highest BCUT2D eigenvalue weighted by Gasteiger charge is 2.38. The molecule has 1 fully saturated rings. The van der Waals surface area contributed by atoms with Crippen LogP contribution in [0.2, 0.25) is 0 Å². The van der Waals surface area contributed by atoms with Gasteiger partial charge in [-0.25, -0.2) is 18.2 Å². The van der Waals surface area contributed by atoms with Gasteiger partial charge < -0.3 is 30.2 Å². The van der Waals surface area contributed by atoms with E-state index in [9.17, 15) is 18.0 Å². The molecular formula is C34H39N5O7S. The Kier molecular flexibility index (Phi) is 9.75. The highest BCUT2D eigenvalue weighted by atomic mass is 32.2. The van der Waals surface area contributed by atoms with Gasteiger partial charge in [0.25, 0.3) is 0 Å². The topological polar surface area (TPSA) is 162 Å². The third-order valence-corrected chi connectivity index (χ3v) is 10.6. The van der Waals surface area contributed by atoms with Crippen molar-refractivity contribution in [3.8, 4) is 11.5 Å². The number of nitrogens with zero attached hydrogens (tertiary/aromatic N) is 2. The van der Waals surface area contributed by atoms with Crippen molar-refractivity contribution in [2.75, 3.05) is 44.2 Å². The molecule has 1 saturated heterocycles. The van der Waals surface area contributed by atoms with Crippen molar-refractivity contribution in [3.05, 3.63) is 78.0 Å². The number of hydrogen-bond acceptors (Lipinski definition) is 10. The SMILES string of the molecule is COC(=O)Nc1ccc(S(=O)(=O)C(C)C)c([C@@H]2CCCN2C(=O)[C@H](Nc2ccc3c(N)nccc3c2)c2ccc(OC)c(OC)c2)c1. The van der Waals surface area contributed by atoms with Crippen LogP contribution in [0.3, 0.4) is 0 Å². The quantitative estimate of drug-likeness (QED) is 0.192. The number of sulfone groups is 1. The zero-order valence-corrected chi connectivity index (χ0v) is 27.8. The number of amides is 2. The number of carbonyl (C=O) groups excluding carboxylic acids is 2. The molecule has 0 saturated carbocycles. The van der Waals surface area contributed by atoms with Crippen LogP contribution >= 0.6 is 0 Å². The van der Waals surface area contributed by atoms with Crippen LogP contribution in [0.4, 0.5) is 22.0 Å². The van der Waals surface area contributed by atoms with E-state index in [4.69, 9.17) is 19.9 Å². The second-order valence-electron chi connectivity index (χ2n) is 11.5. The Morgan fingerprint density at radius 3 is 2.40 bits per heavy atom. The maximum absolute atomic E-state index is 14.7. The van der Waals surface area contributed by atoms with Gasteiger partial charge in [0, 0.05) is 29.5 Å². The van der Waals surface area contributed by atoms with Crippen LogP contribution in [0.5, 0.6) is 11.5 Å². The molecule has 13 heteroatoms. The van der Waals surface area contributed by atoms with E-state index in [1.54, 1.807) is 49.2 Å². The van der Waals surface area contributed by atoms with Crippen LogP contribution in [-0.2, 0) is 19.4 Å². The van der Waals surface area contributed by atoms with Crippen molar-refractivity contribution in [1.29, 1.82) is 0 Å². The third kappa shape index (κ3) is 6.75. The molecule has 2 atom stereocenters. The van der Waals surface area contributed by atoms with E-state index in [0.717, 1.165) is 10.8 Å². The van der Waals surface area contributed by atoms with E-state index in [1.165, 1.54) is 33.5 Å². The molecule has 0 bridgehead atoms. The lowest BCUT2D eigenvalue weighted by Crippen LogP contribution is -2.38. The number of anilines is 3. The van der Waals surface area contributed by atoms with Gasteiger partial charge in [0.1, 0.15) is 11.9 Å². The fraction of sp³-hybridized carbons (Fsp3) is 0.324. The van der Waals surface area contributed by atoms with Crippen LogP contribution in [0.1, 0.15) is 49.9 Å². The molecule has 248 valence electrons. The number of likely N-dealkylation sites (tertiary alicyclic amines) is 1. The minimum absolute atomic E-state index is 0.115. The fourth-order valence-corrected chi connectivity index (χ4v) is 7.16. The minimum atomic E-state index is -3.75. The summed E-state index contributed by atoms with van der Waals surface area (Å²) >= 11 is 0. The lowest BCUT2D eigenvalue weighted by molar-refractivity contribution is -0.133. The Balaban J connectivity index is 1.60. The van der Waals surface area contributed by atoms with Crippen molar-refractivity contribution < 1.29 is 32.2 Å². The zero-order valence-electron chi connectivity index (χ0n) is 26.9. The average Bonchev–Trinajstić information content (AvgIpc) is 3.56. The Hall–Kier alpha value is -5.04. The predicted octanol–water partition coefficient (Wildman–Crippen LogP) is 5.71. The molecule has 0 aliphatic carbocycles. The first-order valence-electron chi connectivity index (χ1n) is 15.1. The molecule has 1 aliphatic rings. The van der Waals surface area contributed by atoms with Crippen molar-refractivity contribution in [1.82, 2.24) is 9.88 Å². The van der Waals surface area contributed by atoms with Crippen LogP contribution in [0.25, 0.3) is 10.8 Å². The lowest BCUT2D eigenvalue weighted by atomic mass is 10.00. The van der Waals surface area contributed by atoms with Gasteiger partial charge in [-0.2, -0.15) is 0 Å². The van der Waals surface area contributed by atoms with Crippen LogP contribution < -0.4 is 25.8 Å². The maximum atomic E-state index is 14.7. The standard InChI is InChI=1S/C34H39N5O7S/c1-20(2)47(42,43)30-13-10-24(38-34(41)46-5)19-26(30)27-7-6-16-39(27)33(40)31(22-8-12-28(44-3)29(18-22)45-4)37-23-9-11-25-21(17-23)14-15-36-32(25)35/h8-15,17-20,27,31,37H,6-7,16H2,1-5H3,(H2,35,36)(H,38,41)/t27-,31+/m0/s1. The van der Waals surface area contributed by atoms with Gasteiger partial charge in [-0.15, -0.1) is 0 Å². The summed E-state index contributed by atoms with van der Waals surface area (Å²) in [5.74, 6) is 1.09. The smallest absolute Gasteiger partial charge is 0.411 e. The highest BCUT2D eigenvalue weighted by Crippen LogP contribution is 2.41.